The molecule has 1 amide bonds. The molecule has 0 aliphatic rings. The fourth-order valence-corrected chi connectivity index (χ4v) is 4.75. The van der Waals surface area contributed by atoms with Crippen LogP contribution in [0.3, 0.4) is 0 Å². The van der Waals surface area contributed by atoms with Gasteiger partial charge in [-0.3, -0.25) is 9.36 Å². The summed E-state index contributed by atoms with van der Waals surface area (Å²) in [6.07, 6.45) is -4.58. The third kappa shape index (κ3) is 6.25. The minimum Gasteiger partial charge on any atom is -0.494 e. The molecule has 0 saturated carbocycles. The highest BCUT2D eigenvalue weighted by molar-refractivity contribution is 8.00. The minimum absolute atomic E-state index is 0.0119. The number of benzene rings is 3. The predicted molar refractivity (Wildman–Crippen MR) is 143 cm³/mol. The summed E-state index contributed by atoms with van der Waals surface area (Å²) in [7, 11) is 0. The maximum Gasteiger partial charge on any atom is 0.416 e. The summed E-state index contributed by atoms with van der Waals surface area (Å²) in [5.74, 6) is 0.580. The molecule has 1 aromatic heterocycles. The summed E-state index contributed by atoms with van der Waals surface area (Å²) in [5.41, 5.74) is 0.278. The molecule has 1 N–H and O–H groups in total. The zero-order chi connectivity index (χ0) is 27.4. The molecular weight excluding hydrogens is 560 g/mol. The van der Waals surface area contributed by atoms with Crippen molar-refractivity contribution in [1.82, 2.24) is 14.8 Å². The number of alkyl halides is 3. The molecule has 0 bridgehead atoms. The average molecular weight is 581 g/mol. The van der Waals surface area contributed by atoms with Crippen LogP contribution in [0.5, 0.6) is 5.75 Å². The number of carbonyl (C=O) groups excluding carboxylic acids is 1. The molecule has 0 fully saturated rings. The topological polar surface area (TPSA) is 69.0 Å². The van der Waals surface area contributed by atoms with Gasteiger partial charge in [0.1, 0.15) is 5.75 Å². The maximum atomic E-state index is 13.1. The van der Waals surface area contributed by atoms with Crippen molar-refractivity contribution in [2.24, 2.45) is 0 Å². The SMILES string of the molecule is CCOc1ccc(-n2c(S[C@@H](C)C(=O)Nc3cc(C(F)(F)F)ccc3Cl)nnc2-c2ccccc2Cl)cc1. The predicted octanol–water partition coefficient (Wildman–Crippen LogP) is 7.78. The van der Waals surface area contributed by atoms with Gasteiger partial charge in [-0.15, -0.1) is 10.2 Å². The van der Waals surface area contributed by atoms with Gasteiger partial charge in [0.05, 0.1) is 33.2 Å². The van der Waals surface area contributed by atoms with Crippen LogP contribution < -0.4 is 10.1 Å². The van der Waals surface area contributed by atoms with Crippen LogP contribution in [0.25, 0.3) is 17.1 Å². The van der Waals surface area contributed by atoms with Gasteiger partial charge < -0.3 is 10.1 Å². The molecule has 4 rings (SSSR count). The van der Waals surface area contributed by atoms with Gasteiger partial charge in [0, 0.05) is 11.3 Å². The van der Waals surface area contributed by atoms with E-state index in [4.69, 9.17) is 27.9 Å². The van der Waals surface area contributed by atoms with Gasteiger partial charge in [0.15, 0.2) is 11.0 Å². The van der Waals surface area contributed by atoms with E-state index in [1.54, 1.807) is 41.8 Å². The Balaban J connectivity index is 1.65. The third-order valence-corrected chi connectivity index (χ3v) is 7.06. The highest BCUT2D eigenvalue weighted by atomic mass is 35.5. The minimum atomic E-state index is -4.58. The van der Waals surface area contributed by atoms with Crippen LogP contribution in [0.4, 0.5) is 18.9 Å². The van der Waals surface area contributed by atoms with Crippen LogP contribution >= 0.6 is 35.0 Å². The molecule has 0 aliphatic heterocycles. The van der Waals surface area contributed by atoms with E-state index in [-0.39, 0.29) is 10.7 Å². The summed E-state index contributed by atoms with van der Waals surface area (Å²) < 4.78 is 46.7. The largest absolute Gasteiger partial charge is 0.494 e. The number of nitrogens with zero attached hydrogens (tertiary/aromatic N) is 3. The van der Waals surface area contributed by atoms with Crippen molar-refractivity contribution in [1.29, 1.82) is 0 Å². The Kier molecular flexibility index (Phi) is 8.54. The van der Waals surface area contributed by atoms with Gasteiger partial charge >= 0.3 is 6.18 Å². The van der Waals surface area contributed by atoms with Gasteiger partial charge in [-0.2, -0.15) is 13.2 Å². The first-order chi connectivity index (χ1) is 18.1. The summed E-state index contributed by atoms with van der Waals surface area (Å²) >= 11 is 13.6. The zero-order valence-electron chi connectivity index (χ0n) is 20.1. The molecule has 0 saturated heterocycles. The zero-order valence-corrected chi connectivity index (χ0v) is 22.4. The second-order valence-corrected chi connectivity index (χ2v) is 10.1. The van der Waals surface area contributed by atoms with E-state index in [2.05, 4.69) is 15.5 Å². The number of nitrogens with one attached hydrogen (secondary N) is 1. The number of aromatic nitrogens is 3. The number of halogens is 5. The second-order valence-electron chi connectivity index (χ2n) is 7.99. The lowest BCUT2D eigenvalue weighted by molar-refractivity contribution is -0.137. The lowest BCUT2D eigenvalue weighted by Crippen LogP contribution is -2.23. The lowest BCUT2D eigenvalue weighted by Gasteiger charge is -2.16. The van der Waals surface area contributed by atoms with Gasteiger partial charge in [-0.05, 0) is 68.4 Å². The molecule has 0 unspecified atom stereocenters. The van der Waals surface area contributed by atoms with E-state index in [1.807, 2.05) is 25.1 Å². The molecule has 198 valence electrons. The Bertz CT molecular complexity index is 1450. The van der Waals surface area contributed by atoms with E-state index in [9.17, 15) is 18.0 Å². The normalized spacial score (nSPS) is 12.3. The van der Waals surface area contributed by atoms with Crippen molar-refractivity contribution in [2.75, 3.05) is 11.9 Å². The highest BCUT2D eigenvalue weighted by Gasteiger charge is 2.31. The summed E-state index contributed by atoms with van der Waals surface area (Å²) in [6.45, 7) is 4.01. The maximum absolute atomic E-state index is 13.1. The first kappa shape index (κ1) is 27.8. The van der Waals surface area contributed by atoms with E-state index in [1.165, 1.54) is 0 Å². The molecule has 4 aromatic rings. The Hall–Kier alpha value is -3.21. The van der Waals surface area contributed by atoms with Crippen LogP contribution in [0.15, 0.2) is 71.9 Å². The van der Waals surface area contributed by atoms with Gasteiger partial charge in [-0.1, -0.05) is 47.1 Å². The molecule has 1 atom stereocenters. The Morgan fingerprint density at radius 1 is 1.05 bits per heavy atom. The average Bonchev–Trinajstić information content (AvgIpc) is 3.28. The number of thioether (sulfide) groups is 1. The Labute approximate surface area is 231 Å². The van der Waals surface area contributed by atoms with Gasteiger partial charge in [-0.25, -0.2) is 0 Å². The monoisotopic (exact) mass is 580 g/mol. The lowest BCUT2D eigenvalue weighted by atomic mass is 10.2. The number of rotatable bonds is 8. The summed E-state index contributed by atoms with van der Waals surface area (Å²) in [4.78, 5) is 13.0. The molecule has 6 nitrogen and oxygen atoms in total. The first-order valence-electron chi connectivity index (χ1n) is 11.4. The molecule has 0 aliphatic carbocycles. The molecule has 3 aromatic carbocycles. The van der Waals surface area contributed by atoms with Crippen molar-refractivity contribution in [3.8, 4) is 22.8 Å². The van der Waals surface area contributed by atoms with E-state index >= 15 is 0 Å². The number of amides is 1. The van der Waals surface area contributed by atoms with Crippen molar-refractivity contribution in [3.63, 3.8) is 0 Å². The van der Waals surface area contributed by atoms with E-state index in [0.717, 1.165) is 30.0 Å². The summed E-state index contributed by atoms with van der Waals surface area (Å²) in [6, 6.07) is 17.2. The molecule has 0 spiro atoms. The van der Waals surface area contributed by atoms with Crippen molar-refractivity contribution < 1.29 is 22.7 Å². The fraction of sp³-hybridized carbons (Fsp3) is 0.192. The van der Waals surface area contributed by atoms with Crippen molar-refractivity contribution in [3.05, 3.63) is 82.3 Å². The van der Waals surface area contributed by atoms with Crippen LogP contribution in [0, 0.1) is 0 Å². The second kappa shape index (κ2) is 11.7. The molecular formula is C26H21Cl2F3N4O2S. The molecule has 0 radical (unpaired) electrons. The van der Waals surface area contributed by atoms with Crippen LogP contribution in [-0.2, 0) is 11.0 Å². The number of carbonyl (C=O) groups is 1. The van der Waals surface area contributed by atoms with Gasteiger partial charge in [0.25, 0.3) is 0 Å². The van der Waals surface area contributed by atoms with E-state index in [0.29, 0.717) is 39.6 Å². The fourth-order valence-electron chi connectivity index (χ4n) is 3.50. The number of hydrogen-bond acceptors (Lipinski definition) is 5. The van der Waals surface area contributed by atoms with Crippen LogP contribution in [0.2, 0.25) is 10.0 Å². The highest BCUT2D eigenvalue weighted by Crippen LogP contribution is 2.36. The molecule has 12 heteroatoms. The molecule has 38 heavy (non-hydrogen) atoms. The standard InChI is InChI=1S/C26H21Cl2F3N4O2S/c1-3-37-18-11-9-17(10-12-18)35-23(19-6-4-5-7-20(19)27)33-34-25(35)38-15(2)24(36)32-22-14-16(26(29,30)31)8-13-21(22)28/h4-15H,3H2,1-2H3,(H,32,36)/t15-/m0/s1. The van der Waals surface area contributed by atoms with Crippen LogP contribution in [0.1, 0.15) is 19.4 Å². The number of anilines is 1. The van der Waals surface area contributed by atoms with Gasteiger partial charge in [0.2, 0.25) is 5.91 Å². The number of ether oxygens (including phenoxy) is 1. The Morgan fingerprint density at radius 2 is 1.76 bits per heavy atom. The summed E-state index contributed by atoms with van der Waals surface area (Å²) in [5, 5.41) is 11.2. The quantitative estimate of drug-likeness (QED) is 0.215. The third-order valence-electron chi connectivity index (χ3n) is 5.36. The van der Waals surface area contributed by atoms with Crippen molar-refractivity contribution >= 4 is 46.6 Å². The van der Waals surface area contributed by atoms with E-state index < -0.39 is 22.9 Å². The Morgan fingerprint density at radius 3 is 2.42 bits per heavy atom. The first-order valence-corrected chi connectivity index (χ1v) is 13.0. The van der Waals surface area contributed by atoms with Crippen LogP contribution in [-0.4, -0.2) is 32.5 Å². The smallest absolute Gasteiger partial charge is 0.416 e. The molecule has 1 heterocycles. The van der Waals surface area contributed by atoms with Crippen molar-refractivity contribution in [2.45, 2.75) is 30.4 Å². The number of hydrogen-bond donors (Lipinski definition) is 1.